The second-order valence-electron chi connectivity index (χ2n) is 8.14. The zero-order chi connectivity index (χ0) is 18.2. The van der Waals surface area contributed by atoms with Crippen molar-refractivity contribution in [3.63, 3.8) is 0 Å². The number of hydrogen-bond acceptors (Lipinski definition) is 6. The Morgan fingerprint density at radius 2 is 1.96 bits per heavy atom. The summed E-state index contributed by atoms with van der Waals surface area (Å²) in [4.78, 5) is 14.4. The highest BCUT2D eigenvalue weighted by molar-refractivity contribution is 7.19. The summed E-state index contributed by atoms with van der Waals surface area (Å²) in [5.74, 6) is 1.49. The molecule has 0 amide bonds. The Morgan fingerprint density at radius 1 is 1.15 bits per heavy atom. The average molecular weight is 388 g/mol. The molecule has 3 heterocycles. The van der Waals surface area contributed by atoms with Crippen LogP contribution in [0.15, 0.2) is 6.33 Å². The van der Waals surface area contributed by atoms with E-state index in [-0.39, 0.29) is 6.10 Å². The van der Waals surface area contributed by atoms with Crippen molar-refractivity contribution in [2.45, 2.75) is 69.9 Å². The first kappa shape index (κ1) is 17.8. The number of fused-ring (bicyclic) bond motifs is 3. The van der Waals surface area contributed by atoms with Gasteiger partial charge in [0.25, 0.3) is 0 Å². The molecule has 1 saturated carbocycles. The van der Waals surface area contributed by atoms with Crippen LogP contribution in [0.4, 0.5) is 0 Å². The van der Waals surface area contributed by atoms with Crippen LogP contribution < -0.4 is 4.74 Å². The maximum absolute atomic E-state index is 6.49. The standard InChI is InChI=1S/C21H29N3O2S/c1-2-14-3-8-17-18(14)19-20(22-13-23-21(19)27-17)26-16-6-4-15(5-7-16)24-9-11-25-12-10-24/h13-16H,2-12H2,1H3/t14-,15?,16?/m1/s1. The van der Waals surface area contributed by atoms with Crippen molar-refractivity contribution in [3.8, 4) is 5.88 Å². The van der Waals surface area contributed by atoms with Gasteiger partial charge in [0.1, 0.15) is 17.3 Å². The van der Waals surface area contributed by atoms with E-state index < -0.39 is 0 Å². The van der Waals surface area contributed by atoms with Crippen LogP contribution in [-0.2, 0) is 11.2 Å². The van der Waals surface area contributed by atoms with Crippen LogP contribution in [0.1, 0.15) is 61.8 Å². The fourth-order valence-corrected chi connectivity index (χ4v) is 6.40. The van der Waals surface area contributed by atoms with Gasteiger partial charge in [-0.3, -0.25) is 4.90 Å². The molecule has 0 radical (unpaired) electrons. The largest absolute Gasteiger partial charge is 0.474 e. The van der Waals surface area contributed by atoms with Gasteiger partial charge in [-0.15, -0.1) is 11.3 Å². The molecule has 1 atom stereocenters. The molecule has 2 aliphatic carbocycles. The molecule has 0 aromatic carbocycles. The predicted molar refractivity (Wildman–Crippen MR) is 108 cm³/mol. The summed E-state index contributed by atoms with van der Waals surface area (Å²) < 4.78 is 12.0. The lowest BCUT2D eigenvalue weighted by Crippen LogP contribution is -2.46. The summed E-state index contributed by atoms with van der Waals surface area (Å²) in [5, 5.41) is 1.22. The van der Waals surface area contributed by atoms with Gasteiger partial charge in [0.15, 0.2) is 0 Å². The topological polar surface area (TPSA) is 47.5 Å². The number of ether oxygens (including phenoxy) is 2. The molecular formula is C21H29N3O2S. The normalized spacial score (nSPS) is 29.1. The molecule has 0 unspecified atom stereocenters. The third kappa shape index (κ3) is 3.36. The van der Waals surface area contributed by atoms with Gasteiger partial charge in [-0.2, -0.15) is 0 Å². The van der Waals surface area contributed by atoms with Crippen molar-refractivity contribution in [1.29, 1.82) is 0 Å². The van der Waals surface area contributed by atoms with E-state index in [1.54, 1.807) is 6.33 Å². The molecule has 27 heavy (non-hydrogen) atoms. The lowest BCUT2D eigenvalue weighted by atomic mass is 9.91. The van der Waals surface area contributed by atoms with Crippen molar-refractivity contribution in [2.75, 3.05) is 26.3 Å². The van der Waals surface area contributed by atoms with E-state index in [1.165, 1.54) is 47.9 Å². The van der Waals surface area contributed by atoms with Crippen LogP contribution in [-0.4, -0.2) is 53.3 Å². The molecule has 5 nitrogen and oxygen atoms in total. The summed E-state index contributed by atoms with van der Waals surface area (Å²) in [6.45, 7) is 6.24. The van der Waals surface area contributed by atoms with Crippen LogP contribution in [0.3, 0.4) is 0 Å². The van der Waals surface area contributed by atoms with Gasteiger partial charge in [-0.1, -0.05) is 6.92 Å². The van der Waals surface area contributed by atoms with E-state index in [0.29, 0.717) is 12.0 Å². The summed E-state index contributed by atoms with van der Waals surface area (Å²) in [6, 6.07) is 0.703. The number of nitrogens with zero attached hydrogens (tertiary/aromatic N) is 3. The van der Waals surface area contributed by atoms with Crippen LogP contribution in [0, 0.1) is 0 Å². The van der Waals surface area contributed by atoms with Gasteiger partial charge in [0.2, 0.25) is 5.88 Å². The Labute approximate surface area is 165 Å². The van der Waals surface area contributed by atoms with Crippen LogP contribution in [0.2, 0.25) is 0 Å². The Balaban J connectivity index is 1.31. The van der Waals surface area contributed by atoms with E-state index in [9.17, 15) is 0 Å². The highest BCUT2D eigenvalue weighted by atomic mass is 32.1. The molecule has 0 N–H and O–H groups in total. The van der Waals surface area contributed by atoms with Crippen molar-refractivity contribution in [2.24, 2.45) is 0 Å². The number of thiophene rings is 1. The molecule has 1 saturated heterocycles. The highest BCUT2D eigenvalue weighted by Gasteiger charge is 2.31. The van der Waals surface area contributed by atoms with Crippen LogP contribution in [0.5, 0.6) is 5.88 Å². The van der Waals surface area contributed by atoms with Gasteiger partial charge >= 0.3 is 0 Å². The van der Waals surface area contributed by atoms with Crippen molar-refractivity contribution in [1.82, 2.24) is 14.9 Å². The summed E-state index contributed by atoms with van der Waals surface area (Å²) >= 11 is 1.85. The van der Waals surface area contributed by atoms with Gasteiger partial charge in [0.05, 0.1) is 18.6 Å². The molecule has 146 valence electrons. The minimum absolute atomic E-state index is 0.289. The molecular weight excluding hydrogens is 358 g/mol. The number of aromatic nitrogens is 2. The van der Waals surface area contributed by atoms with Crippen LogP contribution >= 0.6 is 11.3 Å². The first-order valence-electron chi connectivity index (χ1n) is 10.6. The fourth-order valence-electron chi connectivity index (χ4n) is 5.17. The quantitative estimate of drug-likeness (QED) is 0.789. The fraction of sp³-hybridized carbons (Fsp3) is 0.714. The second-order valence-corrected chi connectivity index (χ2v) is 9.22. The van der Waals surface area contributed by atoms with Crippen molar-refractivity contribution >= 4 is 21.6 Å². The number of morpholine rings is 1. The first-order chi connectivity index (χ1) is 13.3. The van der Waals surface area contributed by atoms with E-state index in [1.807, 2.05) is 11.3 Å². The Morgan fingerprint density at radius 3 is 2.74 bits per heavy atom. The summed E-state index contributed by atoms with van der Waals surface area (Å²) in [6.07, 6.45) is 10.3. The number of rotatable bonds is 4. The molecule has 2 aromatic rings. The predicted octanol–water partition coefficient (Wildman–Crippen LogP) is 4.15. The summed E-state index contributed by atoms with van der Waals surface area (Å²) in [7, 11) is 0. The van der Waals surface area contributed by atoms with E-state index in [0.717, 1.165) is 49.9 Å². The minimum atomic E-state index is 0.289. The smallest absolute Gasteiger partial charge is 0.225 e. The van der Waals surface area contributed by atoms with Crippen LogP contribution in [0.25, 0.3) is 10.2 Å². The molecule has 5 rings (SSSR count). The Hall–Kier alpha value is -1.24. The van der Waals surface area contributed by atoms with Gasteiger partial charge in [-0.05, 0) is 56.4 Å². The van der Waals surface area contributed by atoms with E-state index >= 15 is 0 Å². The zero-order valence-electron chi connectivity index (χ0n) is 16.2. The second kappa shape index (κ2) is 7.64. The Bertz CT molecular complexity index is 794. The highest BCUT2D eigenvalue weighted by Crippen LogP contribution is 2.47. The molecule has 6 heteroatoms. The average Bonchev–Trinajstić information content (AvgIpc) is 3.28. The van der Waals surface area contributed by atoms with Gasteiger partial charge in [-0.25, -0.2) is 9.97 Å². The third-order valence-corrected chi connectivity index (χ3v) is 7.85. The van der Waals surface area contributed by atoms with Crippen molar-refractivity contribution in [3.05, 3.63) is 16.8 Å². The maximum Gasteiger partial charge on any atom is 0.225 e. The third-order valence-electron chi connectivity index (χ3n) is 6.67. The molecule has 2 aromatic heterocycles. The van der Waals surface area contributed by atoms with E-state index in [4.69, 9.17) is 9.47 Å². The lowest BCUT2D eigenvalue weighted by molar-refractivity contribution is -0.00126. The monoisotopic (exact) mass is 387 g/mol. The molecule has 2 fully saturated rings. The first-order valence-corrected chi connectivity index (χ1v) is 11.4. The zero-order valence-corrected chi connectivity index (χ0v) is 17.0. The molecule has 0 bridgehead atoms. The molecule has 3 aliphatic rings. The Kier molecular flexibility index (Phi) is 5.05. The van der Waals surface area contributed by atoms with E-state index in [2.05, 4.69) is 21.8 Å². The number of aryl methyl sites for hydroxylation is 1. The summed E-state index contributed by atoms with van der Waals surface area (Å²) in [5.41, 5.74) is 1.50. The minimum Gasteiger partial charge on any atom is -0.474 e. The molecule has 0 spiro atoms. The SMILES string of the molecule is CC[C@@H]1CCc2sc3ncnc(OC4CCC(N5CCOCC5)CC4)c3c21. The van der Waals surface area contributed by atoms with Gasteiger partial charge < -0.3 is 9.47 Å². The number of hydrogen-bond donors (Lipinski definition) is 0. The lowest BCUT2D eigenvalue weighted by Gasteiger charge is -2.38. The maximum atomic E-state index is 6.49. The molecule has 1 aliphatic heterocycles. The van der Waals surface area contributed by atoms with Gasteiger partial charge in [0, 0.05) is 24.0 Å². The van der Waals surface area contributed by atoms with Crippen molar-refractivity contribution < 1.29 is 9.47 Å².